The quantitative estimate of drug-likeness (QED) is 0.169. The van der Waals surface area contributed by atoms with Gasteiger partial charge in [0.15, 0.2) is 0 Å². The van der Waals surface area contributed by atoms with Crippen LogP contribution in [0.4, 0.5) is 22.0 Å². The number of fused-ring (bicyclic) bond motifs is 1. The van der Waals surface area contributed by atoms with Crippen molar-refractivity contribution in [2.24, 2.45) is 0 Å². The van der Waals surface area contributed by atoms with E-state index < -0.39 is 28.7 Å². The lowest BCUT2D eigenvalue weighted by Crippen LogP contribution is -2.31. The number of hydrogen-bond donors (Lipinski definition) is 1. The highest BCUT2D eigenvalue weighted by molar-refractivity contribution is 7.11. The predicted octanol–water partition coefficient (Wildman–Crippen LogP) is 7.16. The second kappa shape index (κ2) is 11.7. The largest absolute Gasteiger partial charge is 0.478 e. The topological polar surface area (TPSA) is 99.4 Å². The van der Waals surface area contributed by atoms with Gasteiger partial charge in [0, 0.05) is 24.7 Å². The number of halogens is 6. The Kier molecular flexibility index (Phi) is 7.99. The Morgan fingerprint density at radius 1 is 1.16 bits per heavy atom. The minimum atomic E-state index is -4.52. The zero-order valence-electron chi connectivity index (χ0n) is 22.4. The lowest BCUT2D eigenvalue weighted by atomic mass is 10.0. The van der Waals surface area contributed by atoms with Crippen molar-refractivity contribution in [1.29, 1.82) is 0 Å². The van der Waals surface area contributed by atoms with E-state index in [-0.39, 0.29) is 57.4 Å². The third-order valence-corrected chi connectivity index (χ3v) is 8.28. The monoisotopic (exact) mass is 650 g/mol. The first-order valence-electron chi connectivity index (χ1n) is 13.1. The van der Waals surface area contributed by atoms with Gasteiger partial charge in [-0.1, -0.05) is 17.7 Å². The summed E-state index contributed by atoms with van der Waals surface area (Å²) in [6.07, 6.45) is -3.31. The van der Waals surface area contributed by atoms with Gasteiger partial charge in [0.05, 0.1) is 40.6 Å². The molecular formula is C29H20ClF5N4O4S. The maximum absolute atomic E-state index is 15.5. The number of alkyl halides is 3. The molecule has 0 saturated carbocycles. The molecule has 5 aromatic rings. The summed E-state index contributed by atoms with van der Waals surface area (Å²) in [5, 5.41) is 9.68. The zero-order valence-corrected chi connectivity index (χ0v) is 23.9. The van der Waals surface area contributed by atoms with Crippen molar-refractivity contribution in [3.8, 4) is 17.1 Å². The Morgan fingerprint density at radius 2 is 1.95 bits per heavy atom. The molecule has 228 valence electrons. The van der Waals surface area contributed by atoms with E-state index in [1.54, 1.807) is 4.57 Å². The van der Waals surface area contributed by atoms with E-state index >= 15 is 8.78 Å². The Balaban J connectivity index is 1.26. The number of thiazole rings is 1. The van der Waals surface area contributed by atoms with E-state index in [4.69, 9.17) is 21.1 Å². The van der Waals surface area contributed by atoms with E-state index in [0.717, 1.165) is 18.6 Å². The van der Waals surface area contributed by atoms with E-state index in [0.29, 0.717) is 47.5 Å². The summed E-state index contributed by atoms with van der Waals surface area (Å²) in [5.74, 6) is -2.37. The van der Waals surface area contributed by atoms with Crippen LogP contribution in [0, 0.1) is 11.6 Å². The molecule has 1 saturated heterocycles. The maximum atomic E-state index is 15.5. The van der Waals surface area contributed by atoms with Gasteiger partial charge in [-0.05, 0) is 42.3 Å². The van der Waals surface area contributed by atoms with Crippen molar-refractivity contribution in [3.63, 3.8) is 0 Å². The van der Waals surface area contributed by atoms with Gasteiger partial charge in [-0.25, -0.2) is 28.5 Å². The van der Waals surface area contributed by atoms with Crippen LogP contribution in [-0.2, 0) is 30.5 Å². The highest BCUT2D eigenvalue weighted by atomic mass is 35.5. The van der Waals surface area contributed by atoms with Crippen LogP contribution in [0.15, 0.2) is 48.7 Å². The molecule has 1 aliphatic heterocycles. The molecule has 0 aliphatic carbocycles. The van der Waals surface area contributed by atoms with Crippen LogP contribution in [0.5, 0.6) is 5.88 Å². The molecule has 6 rings (SSSR count). The molecule has 44 heavy (non-hydrogen) atoms. The number of imidazole rings is 1. The van der Waals surface area contributed by atoms with Gasteiger partial charge in [-0.3, -0.25) is 0 Å². The number of carbonyl (C=O) groups is 1. The molecule has 1 N–H and O–H groups in total. The minimum Gasteiger partial charge on any atom is -0.478 e. The molecule has 3 aromatic heterocycles. The van der Waals surface area contributed by atoms with Crippen LogP contribution < -0.4 is 4.74 Å². The molecule has 0 bridgehead atoms. The third kappa shape index (κ3) is 6.10. The number of hydrogen-bond acceptors (Lipinski definition) is 7. The number of carboxylic acids is 1. The molecule has 2 aromatic carbocycles. The molecule has 0 spiro atoms. The fourth-order valence-corrected chi connectivity index (χ4v) is 5.66. The smallest absolute Gasteiger partial charge is 0.427 e. The van der Waals surface area contributed by atoms with E-state index in [2.05, 4.69) is 15.0 Å². The Morgan fingerprint density at radius 3 is 2.64 bits per heavy atom. The van der Waals surface area contributed by atoms with Crippen molar-refractivity contribution in [2.45, 2.75) is 38.3 Å². The normalized spacial score (nSPS) is 15.0. The molecule has 4 heterocycles. The number of benzene rings is 2. The predicted molar refractivity (Wildman–Crippen MR) is 150 cm³/mol. The van der Waals surface area contributed by atoms with Crippen molar-refractivity contribution in [1.82, 2.24) is 19.5 Å². The minimum absolute atomic E-state index is 0.0106. The first-order chi connectivity index (χ1) is 21.0. The number of aromatic nitrogens is 4. The van der Waals surface area contributed by atoms with Crippen LogP contribution in [0.3, 0.4) is 0 Å². The maximum Gasteiger partial charge on any atom is 0.427 e. The van der Waals surface area contributed by atoms with Gasteiger partial charge in [0.1, 0.15) is 39.5 Å². The molecule has 8 nitrogen and oxygen atoms in total. The Labute approximate surface area is 254 Å². The number of nitrogens with zero attached hydrogens (tertiary/aromatic N) is 4. The van der Waals surface area contributed by atoms with Crippen molar-refractivity contribution in [2.75, 3.05) is 6.61 Å². The summed E-state index contributed by atoms with van der Waals surface area (Å²) in [4.78, 5) is 23.2. The van der Waals surface area contributed by atoms with Crippen LogP contribution in [-0.4, -0.2) is 43.3 Å². The van der Waals surface area contributed by atoms with Crippen molar-refractivity contribution in [3.05, 3.63) is 92.2 Å². The third-order valence-electron chi connectivity index (χ3n) is 6.97. The van der Waals surface area contributed by atoms with Gasteiger partial charge in [-0.15, -0.1) is 11.3 Å². The molecule has 1 atom stereocenters. The number of pyridine rings is 1. The number of rotatable bonds is 9. The van der Waals surface area contributed by atoms with Crippen molar-refractivity contribution < 1.29 is 41.3 Å². The van der Waals surface area contributed by atoms with Gasteiger partial charge in [-0.2, -0.15) is 13.2 Å². The molecule has 1 aliphatic rings. The van der Waals surface area contributed by atoms with Crippen LogP contribution in [0.2, 0.25) is 5.02 Å². The summed E-state index contributed by atoms with van der Waals surface area (Å²) in [6, 6.07) is 9.10. The average Bonchev–Trinajstić information content (AvgIpc) is 3.57. The molecule has 1 fully saturated rings. The van der Waals surface area contributed by atoms with Gasteiger partial charge >= 0.3 is 12.1 Å². The van der Waals surface area contributed by atoms with Gasteiger partial charge in [0.2, 0.25) is 5.88 Å². The van der Waals surface area contributed by atoms with E-state index in [1.807, 2.05) is 0 Å². The SMILES string of the molecule is O=C(O)c1cc(Cl)c2nc(Cc3cc(F)c(-c4cccc(OCc5ncc(C(F)(F)F)s5)n4)cc3F)n(C[C@@H]3CCO3)c2c1. The van der Waals surface area contributed by atoms with Crippen LogP contribution in [0.1, 0.15) is 38.1 Å². The first kappa shape index (κ1) is 29.9. The molecule has 0 unspecified atom stereocenters. The lowest BCUT2D eigenvalue weighted by Gasteiger charge is -2.27. The van der Waals surface area contributed by atoms with E-state index in [1.165, 1.54) is 30.3 Å². The fraction of sp³-hybridized carbons (Fsp3) is 0.241. The zero-order chi connectivity index (χ0) is 31.2. The fourth-order valence-electron chi connectivity index (χ4n) is 4.70. The number of ether oxygens (including phenoxy) is 2. The second-order valence-electron chi connectivity index (χ2n) is 9.92. The summed E-state index contributed by atoms with van der Waals surface area (Å²) < 4.78 is 82.1. The lowest BCUT2D eigenvalue weighted by molar-refractivity contribution is -0.134. The molecule has 0 amide bonds. The number of aromatic carboxylic acids is 1. The molecule has 15 heteroatoms. The summed E-state index contributed by atoms with van der Waals surface area (Å²) >= 11 is 6.78. The Bertz CT molecular complexity index is 1890. The van der Waals surface area contributed by atoms with Crippen LogP contribution >= 0.6 is 22.9 Å². The van der Waals surface area contributed by atoms with Gasteiger partial charge < -0.3 is 19.1 Å². The molecule has 0 radical (unpaired) electrons. The standard InChI is InChI=1S/C29H20ClF5N4O4S/c30-18-6-15(28(40)41)8-22-27(18)38-24(39(22)12-16-4-5-42-16)9-14-7-20(32)17(10-19(14)31)21-2-1-3-25(37-21)43-13-26-36-11-23(44-26)29(33,34)35/h1-3,6-8,10-11,16H,4-5,9,12-13H2,(H,40,41)/t16-/m0/s1. The van der Waals surface area contributed by atoms with Gasteiger partial charge in [0.25, 0.3) is 0 Å². The second-order valence-corrected chi connectivity index (χ2v) is 11.4. The van der Waals surface area contributed by atoms with Crippen molar-refractivity contribution >= 4 is 39.9 Å². The highest BCUT2D eigenvalue weighted by Crippen LogP contribution is 2.34. The first-order valence-corrected chi connectivity index (χ1v) is 14.3. The van der Waals surface area contributed by atoms with Crippen LogP contribution in [0.25, 0.3) is 22.3 Å². The average molecular weight is 651 g/mol. The van der Waals surface area contributed by atoms with E-state index in [9.17, 15) is 23.1 Å². The summed E-state index contributed by atoms with van der Waals surface area (Å²) in [7, 11) is 0. The molecular weight excluding hydrogens is 631 g/mol. The summed E-state index contributed by atoms with van der Waals surface area (Å²) in [5.41, 5.74) is 0.605. The number of carboxylic acid groups (broad SMARTS) is 1. The summed E-state index contributed by atoms with van der Waals surface area (Å²) in [6.45, 7) is 0.611. The highest BCUT2D eigenvalue weighted by Gasteiger charge is 2.33. The Hall–Kier alpha value is -4.14.